The number of nitrogens with zero attached hydrogens (tertiary/aromatic N) is 2. The fraction of sp³-hybridized carbons (Fsp3) is 0.438. The largest absolute Gasteiger partial charge is 0.346 e. The molecule has 1 aliphatic heterocycles. The van der Waals surface area contributed by atoms with E-state index in [4.69, 9.17) is 0 Å². The van der Waals surface area contributed by atoms with E-state index in [0.717, 1.165) is 12.2 Å². The van der Waals surface area contributed by atoms with E-state index in [9.17, 15) is 0 Å². The molecule has 0 radical (unpaired) electrons. The number of pyridine rings is 1. The van der Waals surface area contributed by atoms with Gasteiger partial charge < -0.3 is 9.88 Å². The Morgan fingerprint density at radius 2 is 2.10 bits per heavy atom. The standard InChI is InChI=1S/C16H19N3.2ClH/c1-19-10-12(8-16(11-19)5-3-6-16)14-9-18-15-13(14)4-2-7-17-15;;/h2,4,7-9H,3,5-6,10-11H2,1H3,(H,17,18);2*1H. The zero-order valence-corrected chi connectivity index (χ0v) is 13.8. The molecule has 1 aliphatic carbocycles. The SMILES string of the molecule is CN1CC(c2c[nH]c3ncccc23)=CC2(CCC2)C1.Cl.Cl. The van der Waals surface area contributed by atoms with Crippen molar-refractivity contribution in [3.63, 3.8) is 0 Å². The first-order valence-electron chi connectivity index (χ1n) is 7.09. The zero-order valence-electron chi connectivity index (χ0n) is 12.1. The van der Waals surface area contributed by atoms with Crippen molar-refractivity contribution in [3.05, 3.63) is 36.2 Å². The van der Waals surface area contributed by atoms with Crippen LogP contribution in [0.5, 0.6) is 0 Å². The smallest absolute Gasteiger partial charge is 0.137 e. The maximum Gasteiger partial charge on any atom is 0.137 e. The van der Waals surface area contributed by atoms with Crippen molar-refractivity contribution in [2.75, 3.05) is 20.1 Å². The Kier molecular flexibility index (Phi) is 4.66. The van der Waals surface area contributed by atoms with Crippen LogP contribution in [0, 0.1) is 5.41 Å². The van der Waals surface area contributed by atoms with Crippen molar-refractivity contribution in [1.82, 2.24) is 14.9 Å². The number of hydrogen-bond donors (Lipinski definition) is 1. The van der Waals surface area contributed by atoms with E-state index in [0.29, 0.717) is 5.41 Å². The van der Waals surface area contributed by atoms with E-state index in [1.54, 1.807) is 0 Å². The van der Waals surface area contributed by atoms with Gasteiger partial charge in [-0.2, -0.15) is 0 Å². The van der Waals surface area contributed by atoms with Crippen LogP contribution in [0.2, 0.25) is 0 Å². The summed E-state index contributed by atoms with van der Waals surface area (Å²) in [4.78, 5) is 10.1. The molecule has 0 saturated heterocycles. The number of hydrogen-bond acceptors (Lipinski definition) is 2. The zero-order chi connectivity index (χ0) is 12.9. The summed E-state index contributed by atoms with van der Waals surface area (Å²) >= 11 is 0. The van der Waals surface area contributed by atoms with Crippen molar-refractivity contribution < 1.29 is 0 Å². The fourth-order valence-electron chi connectivity index (χ4n) is 3.66. The van der Waals surface area contributed by atoms with Gasteiger partial charge in [-0.3, -0.25) is 0 Å². The van der Waals surface area contributed by atoms with E-state index in [1.165, 1.54) is 42.3 Å². The number of aromatic nitrogens is 2. The molecule has 3 nitrogen and oxygen atoms in total. The van der Waals surface area contributed by atoms with Crippen molar-refractivity contribution in [2.24, 2.45) is 5.41 Å². The lowest BCUT2D eigenvalue weighted by molar-refractivity contribution is 0.129. The van der Waals surface area contributed by atoms with E-state index in [2.05, 4.69) is 40.3 Å². The summed E-state index contributed by atoms with van der Waals surface area (Å²) in [5, 5.41) is 1.25. The average molecular weight is 326 g/mol. The molecule has 1 saturated carbocycles. The molecule has 1 spiro atoms. The minimum absolute atomic E-state index is 0. The maximum absolute atomic E-state index is 4.39. The van der Waals surface area contributed by atoms with Gasteiger partial charge in [0, 0.05) is 41.8 Å². The van der Waals surface area contributed by atoms with Gasteiger partial charge in [0.1, 0.15) is 5.65 Å². The van der Waals surface area contributed by atoms with Gasteiger partial charge in [-0.05, 0) is 37.6 Å². The highest BCUT2D eigenvalue weighted by Gasteiger charge is 2.39. The normalized spacial score (nSPS) is 20.3. The van der Waals surface area contributed by atoms with E-state index in [1.807, 2.05) is 12.3 Å². The molecule has 0 bridgehead atoms. The highest BCUT2D eigenvalue weighted by Crippen LogP contribution is 2.47. The number of nitrogens with one attached hydrogen (secondary N) is 1. The number of aromatic amines is 1. The Labute approximate surface area is 137 Å². The van der Waals surface area contributed by atoms with Crippen LogP contribution in [0.3, 0.4) is 0 Å². The van der Waals surface area contributed by atoms with Gasteiger partial charge >= 0.3 is 0 Å². The third-order valence-corrected chi connectivity index (χ3v) is 4.65. The molecule has 5 heteroatoms. The summed E-state index contributed by atoms with van der Waals surface area (Å²) < 4.78 is 0. The molecule has 0 unspecified atom stereocenters. The lowest BCUT2D eigenvalue weighted by atomic mass is 9.66. The van der Waals surface area contributed by atoms with Gasteiger partial charge in [-0.25, -0.2) is 4.98 Å². The molecule has 3 heterocycles. The van der Waals surface area contributed by atoms with Crippen LogP contribution in [-0.4, -0.2) is 35.0 Å². The molecule has 2 aliphatic rings. The predicted molar refractivity (Wildman–Crippen MR) is 92.3 cm³/mol. The van der Waals surface area contributed by atoms with E-state index < -0.39 is 0 Å². The first kappa shape index (κ1) is 16.3. The highest BCUT2D eigenvalue weighted by atomic mass is 35.5. The Morgan fingerprint density at radius 3 is 2.81 bits per heavy atom. The quantitative estimate of drug-likeness (QED) is 0.862. The van der Waals surface area contributed by atoms with Gasteiger partial charge in [-0.15, -0.1) is 24.8 Å². The molecular weight excluding hydrogens is 305 g/mol. The minimum atomic E-state index is 0. The lowest BCUT2D eigenvalue weighted by Gasteiger charge is -2.46. The number of likely N-dealkylation sites (N-methyl/N-ethyl adjacent to an activating group) is 1. The van der Waals surface area contributed by atoms with Crippen LogP contribution in [0.4, 0.5) is 0 Å². The number of rotatable bonds is 1. The van der Waals surface area contributed by atoms with E-state index >= 15 is 0 Å². The van der Waals surface area contributed by atoms with E-state index in [-0.39, 0.29) is 24.8 Å². The van der Waals surface area contributed by atoms with Gasteiger partial charge in [0.25, 0.3) is 0 Å². The maximum atomic E-state index is 4.39. The number of fused-ring (bicyclic) bond motifs is 1. The second-order valence-electron chi connectivity index (χ2n) is 6.16. The van der Waals surface area contributed by atoms with Crippen LogP contribution < -0.4 is 0 Å². The summed E-state index contributed by atoms with van der Waals surface area (Å²) in [5.74, 6) is 0. The number of halogens is 2. The molecule has 1 N–H and O–H groups in total. The van der Waals surface area contributed by atoms with Crippen LogP contribution >= 0.6 is 24.8 Å². The van der Waals surface area contributed by atoms with Crippen molar-refractivity contribution in [2.45, 2.75) is 19.3 Å². The molecule has 21 heavy (non-hydrogen) atoms. The lowest BCUT2D eigenvalue weighted by Crippen LogP contribution is -2.43. The van der Waals surface area contributed by atoms with Gasteiger partial charge in [-0.1, -0.05) is 12.5 Å². The first-order valence-corrected chi connectivity index (χ1v) is 7.09. The summed E-state index contributed by atoms with van der Waals surface area (Å²) in [6.45, 7) is 2.26. The molecule has 4 rings (SSSR count). The monoisotopic (exact) mass is 325 g/mol. The molecule has 0 amide bonds. The average Bonchev–Trinajstić information content (AvgIpc) is 2.80. The molecule has 2 aromatic rings. The molecule has 1 fully saturated rings. The Balaban J connectivity index is 0.000000807. The topological polar surface area (TPSA) is 31.9 Å². The summed E-state index contributed by atoms with van der Waals surface area (Å²) in [5.41, 5.74) is 4.25. The Hall–Kier alpha value is -1.03. The molecular formula is C16H21Cl2N3. The summed E-state index contributed by atoms with van der Waals surface area (Å²) in [6, 6.07) is 4.18. The van der Waals surface area contributed by atoms with Crippen molar-refractivity contribution in [3.8, 4) is 0 Å². The number of H-pyrrole nitrogens is 1. The van der Waals surface area contributed by atoms with Crippen LogP contribution in [0.1, 0.15) is 24.8 Å². The molecule has 0 atom stereocenters. The summed E-state index contributed by atoms with van der Waals surface area (Å²) in [6.07, 6.45) is 10.6. The van der Waals surface area contributed by atoms with Gasteiger partial charge in [0.15, 0.2) is 0 Å². The Bertz CT molecular complexity index is 658. The second kappa shape index (κ2) is 5.99. The third-order valence-electron chi connectivity index (χ3n) is 4.65. The molecule has 2 aromatic heterocycles. The van der Waals surface area contributed by atoms with Gasteiger partial charge in [0.2, 0.25) is 0 Å². The second-order valence-corrected chi connectivity index (χ2v) is 6.16. The molecule has 114 valence electrons. The first-order chi connectivity index (χ1) is 9.26. The summed E-state index contributed by atoms with van der Waals surface area (Å²) in [7, 11) is 2.24. The van der Waals surface area contributed by atoms with Crippen LogP contribution in [0.15, 0.2) is 30.6 Å². The van der Waals surface area contributed by atoms with Crippen molar-refractivity contribution in [1.29, 1.82) is 0 Å². The minimum Gasteiger partial charge on any atom is -0.346 e. The van der Waals surface area contributed by atoms with Crippen LogP contribution in [-0.2, 0) is 0 Å². The van der Waals surface area contributed by atoms with Crippen molar-refractivity contribution >= 4 is 41.4 Å². The third kappa shape index (κ3) is 2.70. The Morgan fingerprint density at radius 1 is 1.29 bits per heavy atom. The fourth-order valence-corrected chi connectivity index (χ4v) is 3.66. The molecule has 0 aromatic carbocycles. The highest BCUT2D eigenvalue weighted by molar-refractivity contribution is 5.91. The van der Waals surface area contributed by atoms with Crippen LogP contribution in [0.25, 0.3) is 16.6 Å². The van der Waals surface area contributed by atoms with Gasteiger partial charge in [0.05, 0.1) is 0 Å². The predicted octanol–water partition coefficient (Wildman–Crippen LogP) is 3.91.